The molecule has 1 heterocycles. The van der Waals surface area contributed by atoms with Gasteiger partial charge in [0, 0.05) is 5.54 Å². The SMILES string of the molecule is C[C@@H]1N(C(C)(C)C)C(=O)[C@@]1(C)OC(=O)c1ccccc1. The van der Waals surface area contributed by atoms with E-state index in [2.05, 4.69) is 0 Å². The summed E-state index contributed by atoms with van der Waals surface area (Å²) in [5, 5.41) is 0. The molecule has 108 valence electrons. The van der Waals surface area contributed by atoms with Gasteiger partial charge in [-0.15, -0.1) is 0 Å². The Morgan fingerprint density at radius 1 is 1.25 bits per heavy atom. The lowest BCUT2D eigenvalue weighted by Gasteiger charge is -2.57. The summed E-state index contributed by atoms with van der Waals surface area (Å²) < 4.78 is 5.48. The lowest BCUT2D eigenvalue weighted by Crippen LogP contribution is -2.76. The number of esters is 1. The summed E-state index contributed by atoms with van der Waals surface area (Å²) >= 11 is 0. The van der Waals surface area contributed by atoms with Crippen molar-refractivity contribution in [1.29, 1.82) is 0 Å². The van der Waals surface area contributed by atoms with Crippen LogP contribution < -0.4 is 0 Å². The van der Waals surface area contributed by atoms with Crippen LogP contribution in [0.2, 0.25) is 0 Å². The monoisotopic (exact) mass is 275 g/mol. The van der Waals surface area contributed by atoms with Crippen LogP contribution in [0.5, 0.6) is 0 Å². The van der Waals surface area contributed by atoms with Gasteiger partial charge in [0.1, 0.15) is 0 Å². The van der Waals surface area contributed by atoms with E-state index in [1.165, 1.54) is 0 Å². The minimum atomic E-state index is -1.07. The Morgan fingerprint density at radius 3 is 2.25 bits per heavy atom. The fourth-order valence-electron chi connectivity index (χ4n) is 2.61. The highest BCUT2D eigenvalue weighted by Crippen LogP contribution is 2.39. The van der Waals surface area contributed by atoms with E-state index in [1.807, 2.05) is 33.8 Å². The first-order chi connectivity index (χ1) is 9.18. The summed E-state index contributed by atoms with van der Waals surface area (Å²) in [4.78, 5) is 26.2. The van der Waals surface area contributed by atoms with Crippen molar-refractivity contribution in [2.45, 2.75) is 51.8 Å². The van der Waals surface area contributed by atoms with Crippen LogP contribution in [-0.2, 0) is 9.53 Å². The fraction of sp³-hybridized carbons (Fsp3) is 0.500. The van der Waals surface area contributed by atoms with Crippen molar-refractivity contribution in [2.75, 3.05) is 0 Å². The van der Waals surface area contributed by atoms with Crippen LogP contribution in [0, 0.1) is 0 Å². The van der Waals surface area contributed by atoms with Gasteiger partial charge in [-0.1, -0.05) is 18.2 Å². The third-order valence-electron chi connectivity index (χ3n) is 3.86. The summed E-state index contributed by atoms with van der Waals surface area (Å²) in [5.74, 6) is -0.594. The van der Waals surface area contributed by atoms with E-state index in [-0.39, 0.29) is 17.5 Å². The normalized spacial score (nSPS) is 26.1. The molecule has 1 aromatic rings. The molecule has 1 aliphatic rings. The van der Waals surface area contributed by atoms with Crippen molar-refractivity contribution in [3.05, 3.63) is 35.9 Å². The van der Waals surface area contributed by atoms with Crippen LogP contribution in [-0.4, -0.2) is 34.0 Å². The lowest BCUT2D eigenvalue weighted by molar-refractivity contribution is -0.197. The molecular formula is C16H21NO3. The van der Waals surface area contributed by atoms with Gasteiger partial charge in [-0.25, -0.2) is 4.79 Å². The largest absolute Gasteiger partial charge is 0.443 e. The molecule has 20 heavy (non-hydrogen) atoms. The Labute approximate surface area is 119 Å². The molecular weight excluding hydrogens is 254 g/mol. The van der Waals surface area contributed by atoms with Gasteiger partial charge in [0.05, 0.1) is 11.6 Å². The quantitative estimate of drug-likeness (QED) is 0.615. The van der Waals surface area contributed by atoms with Crippen LogP contribution in [0.1, 0.15) is 45.0 Å². The van der Waals surface area contributed by atoms with Gasteiger partial charge in [0.15, 0.2) is 0 Å². The zero-order valence-corrected chi connectivity index (χ0v) is 12.6. The maximum atomic E-state index is 12.4. The van der Waals surface area contributed by atoms with Gasteiger partial charge in [-0.05, 0) is 46.8 Å². The first kappa shape index (κ1) is 14.6. The highest BCUT2D eigenvalue weighted by Gasteiger charge is 2.61. The second-order valence-electron chi connectivity index (χ2n) is 6.38. The van der Waals surface area contributed by atoms with Gasteiger partial charge >= 0.3 is 5.97 Å². The number of carbonyl (C=O) groups excluding carboxylic acids is 2. The molecule has 1 fully saturated rings. The third-order valence-corrected chi connectivity index (χ3v) is 3.86. The number of amides is 1. The second kappa shape index (κ2) is 4.62. The summed E-state index contributed by atoms with van der Waals surface area (Å²) in [7, 11) is 0. The zero-order chi connectivity index (χ0) is 15.1. The molecule has 0 unspecified atom stereocenters. The molecule has 2 rings (SSSR count). The molecule has 0 aliphatic carbocycles. The Bertz CT molecular complexity index is 532. The summed E-state index contributed by atoms with van der Waals surface area (Å²) in [6.07, 6.45) is 0. The van der Waals surface area contributed by atoms with E-state index in [9.17, 15) is 9.59 Å². The van der Waals surface area contributed by atoms with E-state index in [0.29, 0.717) is 5.56 Å². The molecule has 1 aliphatic heterocycles. The first-order valence-electron chi connectivity index (χ1n) is 6.80. The smallest absolute Gasteiger partial charge is 0.339 e. The Morgan fingerprint density at radius 2 is 1.80 bits per heavy atom. The van der Waals surface area contributed by atoms with Crippen molar-refractivity contribution in [1.82, 2.24) is 4.90 Å². The molecule has 0 saturated carbocycles. The van der Waals surface area contributed by atoms with E-state index < -0.39 is 11.6 Å². The molecule has 0 bridgehead atoms. The first-order valence-corrected chi connectivity index (χ1v) is 6.80. The Balaban J connectivity index is 2.15. The van der Waals surface area contributed by atoms with Crippen molar-refractivity contribution >= 4 is 11.9 Å². The molecule has 1 aromatic carbocycles. The lowest BCUT2D eigenvalue weighted by atomic mass is 9.80. The van der Waals surface area contributed by atoms with Gasteiger partial charge < -0.3 is 9.64 Å². The number of carbonyl (C=O) groups is 2. The molecule has 1 saturated heterocycles. The maximum absolute atomic E-state index is 12.4. The topological polar surface area (TPSA) is 46.6 Å². The van der Waals surface area contributed by atoms with Gasteiger partial charge in [-0.3, -0.25) is 4.79 Å². The van der Waals surface area contributed by atoms with Crippen LogP contribution in [0.25, 0.3) is 0 Å². The summed E-state index contributed by atoms with van der Waals surface area (Å²) in [6.45, 7) is 9.51. The Kier molecular flexibility index (Phi) is 3.36. The molecule has 0 N–H and O–H groups in total. The van der Waals surface area contributed by atoms with Crippen molar-refractivity contribution in [3.63, 3.8) is 0 Å². The van der Waals surface area contributed by atoms with Crippen LogP contribution in [0.3, 0.4) is 0 Å². The zero-order valence-electron chi connectivity index (χ0n) is 12.6. The number of hydrogen-bond donors (Lipinski definition) is 0. The predicted octanol–water partition coefficient (Wildman–Crippen LogP) is 2.63. The van der Waals surface area contributed by atoms with E-state index in [0.717, 1.165) is 0 Å². The highest BCUT2D eigenvalue weighted by molar-refractivity contribution is 5.98. The van der Waals surface area contributed by atoms with Crippen LogP contribution >= 0.6 is 0 Å². The molecule has 4 heteroatoms. The summed E-state index contributed by atoms with van der Waals surface area (Å²) in [6, 6.07) is 8.60. The van der Waals surface area contributed by atoms with E-state index >= 15 is 0 Å². The van der Waals surface area contributed by atoms with Crippen LogP contribution in [0.4, 0.5) is 0 Å². The number of β-lactam (4-membered cyclic amide) rings is 1. The van der Waals surface area contributed by atoms with Crippen molar-refractivity contribution < 1.29 is 14.3 Å². The van der Waals surface area contributed by atoms with Crippen molar-refractivity contribution in [3.8, 4) is 0 Å². The molecule has 0 aromatic heterocycles. The number of benzene rings is 1. The predicted molar refractivity (Wildman–Crippen MR) is 76.3 cm³/mol. The number of likely N-dealkylation sites (tertiary alicyclic amines) is 1. The number of ether oxygens (including phenoxy) is 1. The minimum absolute atomic E-state index is 0.136. The molecule has 4 nitrogen and oxygen atoms in total. The van der Waals surface area contributed by atoms with Crippen molar-refractivity contribution in [2.24, 2.45) is 0 Å². The standard InChI is InChI=1S/C16H21NO3/c1-11-16(5,14(19)17(11)15(2,3)4)20-13(18)12-9-7-6-8-10-12/h6-11H,1-5H3/t11-,16-/m0/s1. The maximum Gasteiger partial charge on any atom is 0.339 e. The molecule has 1 amide bonds. The number of nitrogens with zero attached hydrogens (tertiary/aromatic N) is 1. The molecule has 0 radical (unpaired) electrons. The van der Waals surface area contributed by atoms with Crippen LogP contribution in [0.15, 0.2) is 30.3 Å². The number of hydrogen-bond acceptors (Lipinski definition) is 3. The molecule has 0 spiro atoms. The van der Waals surface area contributed by atoms with E-state index in [4.69, 9.17) is 4.74 Å². The average molecular weight is 275 g/mol. The Hall–Kier alpha value is -1.84. The van der Waals surface area contributed by atoms with E-state index in [1.54, 1.807) is 36.1 Å². The molecule has 2 atom stereocenters. The van der Waals surface area contributed by atoms with Gasteiger partial charge in [0.25, 0.3) is 5.91 Å². The van der Waals surface area contributed by atoms with Gasteiger partial charge in [-0.2, -0.15) is 0 Å². The minimum Gasteiger partial charge on any atom is -0.443 e. The average Bonchev–Trinajstić information content (AvgIpc) is 2.38. The van der Waals surface area contributed by atoms with Gasteiger partial charge in [0.2, 0.25) is 5.60 Å². The fourth-order valence-corrected chi connectivity index (χ4v) is 2.61. The highest BCUT2D eigenvalue weighted by atomic mass is 16.6. The third kappa shape index (κ3) is 2.19. The second-order valence-corrected chi connectivity index (χ2v) is 6.38. The summed E-state index contributed by atoms with van der Waals surface area (Å²) in [5.41, 5.74) is -0.877. The number of rotatable bonds is 2.